The molecule has 1 aromatic carbocycles. The van der Waals surface area contributed by atoms with Gasteiger partial charge in [0.05, 0.1) is 10.0 Å². The highest BCUT2D eigenvalue weighted by atomic mass is 35.5. The second-order valence-corrected chi connectivity index (χ2v) is 5.23. The van der Waals surface area contributed by atoms with Gasteiger partial charge in [-0.05, 0) is 31.0 Å². The molecule has 17 heavy (non-hydrogen) atoms. The predicted octanol–water partition coefficient (Wildman–Crippen LogP) is 3.06. The van der Waals surface area contributed by atoms with Crippen molar-refractivity contribution in [1.82, 2.24) is 4.90 Å². The smallest absolute Gasteiger partial charge is 0.143 e. The van der Waals surface area contributed by atoms with Crippen LogP contribution in [0.25, 0.3) is 0 Å². The van der Waals surface area contributed by atoms with Crippen molar-refractivity contribution in [3.05, 3.63) is 33.6 Å². The Bertz CT molecular complexity index is 412. The predicted molar refractivity (Wildman–Crippen MR) is 68.9 cm³/mol. The van der Waals surface area contributed by atoms with Gasteiger partial charge in [-0.2, -0.15) is 0 Å². The molecule has 0 aromatic heterocycles. The monoisotopic (exact) mass is 276 g/mol. The fourth-order valence-electron chi connectivity index (χ4n) is 2.16. The lowest BCUT2D eigenvalue weighted by atomic mass is 10.1. The van der Waals surface area contributed by atoms with Gasteiger partial charge in [0.2, 0.25) is 0 Å². The Hall–Kier alpha value is -0.350. The number of rotatable bonds is 2. The van der Waals surface area contributed by atoms with E-state index in [4.69, 9.17) is 28.9 Å². The maximum atomic E-state index is 13.2. The van der Waals surface area contributed by atoms with Gasteiger partial charge >= 0.3 is 0 Å². The summed E-state index contributed by atoms with van der Waals surface area (Å²) in [7, 11) is 0. The highest BCUT2D eigenvalue weighted by Gasteiger charge is 2.18. The van der Waals surface area contributed by atoms with Crippen LogP contribution in [-0.2, 0) is 6.54 Å². The molecule has 1 aliphatic heterocycles. The number of benzene rings is 1. The van der Waals surface area contributed by atoms with Crippen molar-refractivity contribution in [1.29, 1.82) is 0 Å². The summed E-state index contributed by atoms with van der Waals surface area (Å²) >= 11 is 11.8. The van der Waals surface area contributed by atoms with Crippen LogP contribution in [0.2, 0.25) is 10.0 Å². The fraction of sp³-hybridized carbons (Fsp3) is 0.500. The molecule has 1 saturated heterocycles. The average molecular weight is 277 g/mol. The highest BCUT2D eigenvalue weighted by molar-refractivity contribution is 6.42. The van der Waals surface area contributed by atoms with E-state index in [1.54, 1.807) is 6.07 Å². The third-order valence-electron chi connectivity index (χ3n) is 3.05. The highest BCUT2D eigenvalue weighted by Crippen LogP contribution is 2.29. The minimum Gasteiger partial charge on any atom is -0.327 e. The van der Waals surface area contributed by atoms with E-state index in [1.165, 1.54) is 6.07 Å². The van der Waals surface area contributed by atoms with Crippen molar-refractivity contribution in [3.63, 3.8) is 0 Å². The maximum absolute atomic E-state index is 13.2. The van der Waals surface area contributed by atoms with Crippen molar-refractivity contribution in [2.45, 2.75) is 25.4 Å². The zero-order chi connectivity index (χ0) is 12.4. The van der Waals surface area contributed by atoms with E-state index in [0.29, 0.717) is 11.6 Å². The number of hydrogen-bond donors (Lipinski definition) is 1. The van der Waals surface area contributed by atoms with Crippen molar-refractivity contribution in [2.24, 2.45) is 5.73 Å². The zero-order valence-electron chi connectivity index (χ0n) is 9.43. The van der Waals surface area contributed by atoms with Gasteiger partial charge in [-0.1, -0.05) is 29.3 Å². The molecule has 1 heterocycles. The Morgan fingerprint density at radius 3 is 2.82 bits per heavy atom. The van der Waals surface area contributed by atoms with E-state index in [1.807, 2.05) is 0 Å². The summed E-state index contributed by atoms with van der Waals surface area (Å²) in [4.78, 5) is 2.23. The van der Waals surface area contributed by atoms with Gasteiger partial charge in [0, 0.05) is 19.1 Å². The van der Waals surface area contributed by atoms with E-state index in [0.717, 1.165) is 31.5 Å². The van der Waals surface area contributed by atoms with Crippen LogP contribution in [0.1, 0.15) is 18.4 Å². The molecule has 0 spiro atoms. The molecule has 1 atom stereocenters. The summed E-state index contributed by atoms with van der Waals surface area (Å²) in [6.07, 6.45) is 2.15. The van der Waals surface area contributed by atoms with Crippen LogP contribution in [0, 0.1) is 5.82 Å². The minimum absolute atomic E-state index is 0.00507. The second-order valence-electron chi connectivity index (χ2n) is 4.47. The quantitative estimate of drug-likeness (QED) is 0.842. The summed E-state index contributed by atoms with van der Waals surface area (Å²) in [6, 6.07) is 3.26. The van der Waals surface area contributed by atoms with Crippen molar-refractivity contribution in [3.8, 4) is 0 Å². The Labute approximate surface area is 110 Å². The molecule has 0 aliphatic carbocycles. The number of halogens is 3. The molecule has 2 nitrogen and oxygen atoms in total. The van der Waals surface area contributed by atoms with Crippen molar-refractivity contribution >= 4 is 23.2 Å². The molecule has 5 heteroatoms. The standard InChI is InChI=1S/C12H15Cl2FN2/c13-11-8(3-4-10(15)12(11)14)6-17-5-1-2-9(16)7-17/h3-4,9H,1-2,5-7,16H2. The van der Waals surface area contributed by atoms with Crippen LogP contribution in [0.4, 0.5) is 4.39 Å². The number of piperidine rings is 1. The third kappa shape index (κ3) is 3.10. The molecule has 2 N–H and O–H groups in total. The molecule has 0 saturated carbocycles. The first-order valence-corrected chi connectivity index (χ1v) is 6.44. The minimum atomic E-state index is -0.476. The van der Waals surface area contributed by atoms with E-state index < -0.39 is 5.82 Å². The third-order valence-corrected chi connectivity index (χ3v) is 3.95. The van der Waals surface area contributed by atoms with Gasteiger partial charge in [-0.25, -0.2) is 4.39 Å². The lowest BCUT2D eigenvalue weighted by Gasteiger charge is -2.30. The second kappa shape index (κ2) is 5.53. The summed E-state index contributed by atoms with van der Waals surface area (Å²) < 4.78 is 13.2. The summed E-state index contributed by atoms with van der Waals surface area (Å²) in [5.74, 6) is -0.476. The molecular weight excluding hydrogens is 262 g/mol. The lowest BCUT2D eigenvalue weighted by Crippen LogP contribution is -2.42. The zero-order valence-corrected chi connectivity index (χ0v) is 10.9. The van der Waals surface area contributed by atoms with E-state index in [-0.39, 0.29) is 11.1 Å². The van der Waals surface area contributed by atoms with Crippen LogP contribution < -0.4 is 5.73 Å². The Kier molecular flexibility index (Phi) is 4.26. The molecule has 1 unspecified atom stereocenters. The van der Waals surface area contributed by atoms with Crippen LogP contribution in [0.3, 0.4) is 0 Å². The molecule has 94 valence electrons. The number of nitrogens with two attached hydrogens (primary N) is 1. The van der Waals surface area contributed by atoms with Crippen molar-refractivity contribution < 1.29 is 4.39 Å². The molecular formula is C12H15Cl2FN2. The Balaban J connectivity index is 2.10. The molecule has 0 radical (unpaired) electrons. The normalized spacial score (nSPS) is 21.8. The van der Waals surface area contributed by atoms with Gasteiger partial charge in [-0.15, -0.1) is 0 Å². The summed E-state index contributed by atoms with van der Waals surface area (Å²) in [5, 5.41) is 0.316. The van der Waals surface area contributed by atoms with Gasteiger partial charge in [-0.3, -0.25) is 4.90 Å². The van der Waals surface area contributed by atoms with Crippen molar-refractivity contribution in [2.75, 3.05) is 13.1 Å². The summed E-state index contributed by atoms with van der Waals surface area (Å²) in [5.41, 5.74) is 6.76. The number of likely N-dealkylation sites (tertiary alicyclic amines) is 1. The topological polar surface area (TPSA) is 29.3 Å². The fourth-order valence-corrected chi connectivity index (χ4v) is 2.56. The van der Waals surface area contributed by atoms with Gasteiger partial charge in [0.25, 0.3) is 0 Å². The average Bonchev–Trinajstić information content (AvgIpc) is 2.30. The first kappa shape index (κ1) is 13.1. The van der Waals surface area contributed by atoms with E-state index in [2.05, 4.69) is 4.90 Å². The van der Waals surface area contributed by atoms with Gasteiger partial charge in [0.1, 0.15) is 5.82 Å². The van der Waals surface area contributed by atoms with Crippen LogP contribution in [0.5, 0.6) is 0 Å². The van der Waals surface area contributed by atoms with E-state index >= 15 is 0 Å². The molecule has 1 aliphatic rings. The first-order chi connectivity index (χ1) is 8.08. The number of hydrogen-bond acceptors (Lipinski definition) is 2. The summed E-state index contributed by atoms with van der Waals surface area (Å²) in [6.45, 7) is 2.52. The lowest BCUT2D eigenvalue weighted by molar-refractivity contribution is 0.201. The largest absolute Gasteiger partial charge is 0.327 e. The molecule has 0 bridgehead atoms. The molecule has 2 rings (SSSR count). The van der Waals surface area contributed by atoms with Crippen LogP contribution in [-0.4, -0.2) is 24.0 Å². The molecule has 0 amide bonds. The molecule has 1 fully saturated rings. The molecule has 1 aromatic rings. The SMILES string of the molecule is NC1CCCN(Cc2ccc(F)c(Cl)c2Cl)C1. The van der Waals surface area contributed by atoms with Crippen LogP contribution in [0.15, 0.2) is 12.1 Å². The number of nitrogens with zero attached hydrogens (tertiary/aromatic N) is 1. The maximum Gasteiger partial charge on any atom is 0.143 e. The van der Waals surface area contributed by atoms with Gasteiger partial charge in [0.15, 0.2) is 0 Å². The van der Waals surface area contributed by atoms with E-state index in [9.17, 15) is 4.39 Å². The Morgan fingerprint density at radius 2 is 2.12 bits per heavy atom. The van der Waals surface area contributed by atoms with Crippen LogP contribution >= 0.6 is 23.2 Å². The first-order valence-electron chi connectivity index (χ1n) is 5.68. The Morgan fingerprint density at radius 1 is 1.35 bits per heavy atom. The van der Waals surface area contributed by atoms with Gasteiger partial charge < -0.3 is 5.73 Å².